The highest BCUT2D eigenvalue weighted by molar-refractivity contribution is 5.89. The van der Waals surface area contributed by atoms with Gasteiger partial charge in [-0.3, -0.25) is 9.59 Å². The minimum Gasteiger partial charge on any atom is -0.339 e. The summed E-state index contributed by atoms with van der Waals surface area (Å²) in [4.78, 5) is 26.8. The molecule has 3 atom stereocenters. The minimum absolute atomic E-state index is 0.231. The zero-order valence-corrected chi connectivity index (χ0v) is 16.5. The van der Waals surface area contributed by atoms with E-state index in [-0.39, 0.29) is 24.8 Å². The van der Waals surface area contributed by atoms with Crippen LogP contribution >= 0.6 is 0 Å². The van der Waals surface area contributed by atoms with Crippen LogP contribution in [0.4, 0.5) is 26.3 Å². The quantitative estimate of drug-likeness (QED) is 0.690. The van der Waals surface area contributed by atoms with Crippen LogP contribution in [0.1, 0.15) is 42.9 Å². The molecule has 31 heavy (non-hydrogen) atoms. The number of benzene rings is 1. The third-order valence-corrected chi connectivity index (χ3v) is 5.67. The van der Waals surface area contributed by atoms with Gasteiger partial charge in [0.1, 0.15) is 6.04 Å². The van der Waals surface area contributed by atoms with Gasteiger partial charge in [-0.2, -0.15) is 26.3 Å². The number of carbonyl (C=O) groups excluding carboxylic acids is 2. The zero-order valence-electron chi connectivity index (χ0n) is 16.5. The smallest absolute Gasteiger partial charge is 0.339 e. The maximum Gasteiger partial charge on any atom is 0.416 e. The summed E-state index contributed by atoms with van der Waals surface area (Å²) in [5.41, 5.74) is -1.60. The van der Waals surface area contributed by atoms with Crippen LogP contribution in [-0.2, 0) is 15.8 Å². The fourth-order valence-corrected chi connectivity index (χ4v) is 4.06. The van der Waals surface area contributed by atoms with E-state index < -0.39 is 41.5 Å². The van der Waals surface area contributed by atoms with Gasteiger partial charge in [0.15, 0.2) is 6.04 Å². The predicted molar refractivity (Wildman–Crippen MR) is 98.7 cm³/mol. The Morgan fingerprint density at radius 3 is 2.26 bits per heavy atom. The van der Waals surface area contributed by atoms with Crippen molar-refractivity contribution in [3.8, 4) is 0 Å². The van der Waals surface area contributed by atoms with Crippen LogP contribution in [0.2, 0.25) is 0 Å². The molecule has 0 unspecified atom stereocenters. The van der Waals surface area contributed by atoms with Gasteiger partial charge in [-0.05, 0) is 49.9 Å². The number of carbonyl (C=O) groups is 2. The molecule has 1 aromatic rings. The van der Waals surface area contributed by atoms with Crippen LogP contribution < -0.4 is 10.6 Å². The van der Waals surface area contributed by atoms with E-state index in [0.717, 1.165) is 13.0 Å². The summed E-state index contributed by atoms with van der Waals surface area (Å²) >= 11 is 0. The number of alkyl halides is 6. The number of halogens is 6. The number of likely N-dealkylation sites (tertiary alicyclic amines) is 1. The molecule has 0 aliphatic carbocycles. The molecule has 3 rings (SSSR count). The minimum atomic E-state index is -4.92. The molecule has 0 spiro atoms. The summed E-state index contributed by atoms with van der Waals surface area (Å²) in [6.07, 6.45) is -7.45. The van der Waals surface area contributed by atoms with Crippen LogP contribution in [0, 0.1) is 5.92 Å². The second-order valence-electron chi connectivity index (χ2n) is 7.84. The highest BCUT2D eigenvalue weighted by Gasteiger charge is 2.45. The SMILES string of the molecule is O=C(N[C@@H](c1ccc(C(F)(F)F)cc1)C(F)(F)F)[C@H]1CCCN1C(=O)[C@H]1CCCNC1. The molecule has 172 valence electrons. The fourth-order valence-electron chi connectivity index (χ4n) is 4.06. The first-order chi connectivity index (χ1) is 14.5. The second-order valence-corrected chi connectivity index (χ2v) is 7.84. The Balaban J connectivity index is 1.75. The molecular weight excluding hydrogens is 428 g/mol. The lowest BCUT2D eigenvalue weighted by atomic mass is 9.97. The van der Waals surface area contributed by atoms with Crippen molar-refractivity contribution in [1.82, 2.24) is 15.5 Å². The van der Waals surface area contributed by atoms with Crippen LogP contribution in [0.15, 0.2) is 24.3 Å². The van der Waals surface area contributed by atoms with Gasteiger partial charge in [0.2, 0.25) is 11.8 Å². The van der Waals surface area contributed by atoms with Gasteiger partial charge in [0.25, 0.3) is 0 Å². The number of nitrogens with zero attached hydrogens (tertiary/aromatic N) is 1. The molecule has 2 amide bonds. The van der Waals surface area contributed by atoms with Crippen molar-refractivity contribution in [2.45, 2.75) is 50.1 Å². The molecule has 0 saturated carbocycles. The molecule has 11 heteroatoms. The summed E-state index contributed by atoms with van der Waals surface area (Å²) in [7, 11) is 0. The van der Waals surface area contributed by atoms with Gasteiger partial charge in [-0.1, -0.05) is 12.1 Å². The van der Waals surface area contributed by atoms with Gasteiger partial charge in [-0.25, -0.2) is 0 Å². The number of amides is 2. The predicted octanol–water partition coefficient (Wildman–Crippen LogP) is 3.42. The third-order valence-electron chi connectivity index (χ3n) is 5.67. The van der Waals surface area contributed by atoms with Crippen LogP contribution in [0.5, 0.6) is 0 Å². The topological polar surface area (TPSA) is 61.4 Å². The average molecular weight is 451 g/mol. The number of nitrogens with one attached hydrogen (secondary N) is 2. The molecular formula is C20H23F6N3O2. The summed E-state index contributed by atoms with van der Waals surface area (Å²) < 4.78 is 78.9. The van der Waals surface area contributed by atoms with Gasteiger partial charge >= 0.3 is 12.4 Å². The molecule has 1 aromatic carbocycles. The number of hydrogen-bond donors (Lipinski definition) is 2. The van der Waals surface area contributed by atoms with Gasteiger partial charge in [-0.15, -0.1) is 0 Å². The van der Waals surface area contributed by atoms with Crippen molar-refractivity contribution in [2.75, 3.05) is 19.6 Å². The van der Waals surface area contributed by atoms with E-state index in [1.54, 1.807) is 0 Å². The zero-order chi connectivity index (χ0) is 22.8. The molecule has 5 nitrogen and oxygen atoms in total. The van der Waals surface area contributed by atoms with Crippen molar-refractivity contribution < 1.29 is 35.9 Å². The van der Waals surface area contributed by atoms with Crippen molar-refractivity contribution in [1.29, 1.82) is 0 Å². The number of piperidine rings is 1. The molecule has 0 bridgehead atoms. The molecule has 2 heterocycles. The molecule has 2 fully saturated rings. The molecule has 2 aliphatic rings. The Morgan fingerprint density at radius 2 is 1.71 bits per heavy atom. The van der Waals surface area contributed by atoms with Crippen molar-refractivity contribution in [3.63, 3.8) is 0 Å². The number of rotatable bonds is 4. The van der Waals surface area contributed by atoms with Crippen LogP contribution in [0.25, 0.3) is 0 Å². The lowest BCUT2D eigenvalue weighted by molar-refractivity contribution is -0.165. The Labute approximate surface area is 175 Å². The highest BCUT2D eigenvalue weighted by Crippen LogP contribution is 2.36. The standard InChI is InChI=1S/C20H23F6N3O2/c21-19(22,23)14-7-5-12(6-8-14)16(20(24,25)26)28-17(30)15-4-2-10-29(15)18(31)13-3-1-9-27-11-13/h5-8,13,15-16,27H,1-4,9-11H2,(H,28,30)/t13-,15+,16-/m0/s1. The fraction of sp³-hybridized carbons (Fsp3) is 0.600. The third kappa shape index (κ3) is 5.50. The van der Waals surface area contributed by atoms with Gasteiger partial charge < -0.3 is 15.5 Å². The van der Waals surface area contributed by atoms with Crippen molar-refractivity contribution in [3.05, 3.63) is 35.4 Å². The van der Waals surface area contributed by atoms with E-state index in [4.69, 9.17) is 0 Å². The Kier molecular flexibility index (Phi) is 6.82. The van der Waals surface area contributed by atoms with Crippen LogP contribution in [-0.4, -0.2) is 48.6 Å². The van der Waals surface area contributed by atoms with Crippen LogP contribution in [0.3, 0.4) is 0 Å². The average Bonchev–Trinajstić information content (AvgIpc) is 3.20. The van der Waals surface area contributed by atoms with E-state index in [9.17, 15) is 35.9 Å². The second kappa shape index (κ2) is 9.05. The maximum atomic E-state index is 13.6. The summed E-state index contributed by atoms with van der Waals surface area (Å²) in [5.74, 6) is -1.55. The first-order valence-corrected chi connectivity index (χ1v) is 10.0. The first-order valence-electron chi connectivity index (χ1n) is 10.0. The molecule has 2 saturated heterocycles. The summed E-state index contributed by atoms with van der Waals surface area (Å²) in [5, 5.41) is 5.00. The molecule has 2 N–H and O–H groups in total. The summed E-state index contributed by atoms with van der Waals surface area (Å²) in [6, 6.07) is -1.02. The monoisotopic (exact) mass is 451 g/mol. The number of hydrogen-bond acceptors (Lipinski definition) is 3. The first kappa shape index (κ1) is 23.4. The Bertz CT molecular complexity index is 788. The lowest BCUT2D eigenvalue weighted by Crippen LogP contribution is -2.52. The van der Waals surface area contributed by atoms with E-state index in [1.165, 1.54) is 4.90 Å². The largest absolute Gasteiger partial charge is 0.416 e. The normalized spacial score (nSPS) is 23.5. The van der Waals surface area contributed by atoms with E-state index in [2.05, 4.69) is 5.32 Å². The van der Waals surface area contributed by atoms with Gasteiger partial charge in [0, 0.05) is 13.1 Å². The van der Waals surface area contributed by atoms with Crippen molar-refractivity contribution >= 4 is 11.8 Å². The molecule has 0 aromatic heterocycles. The van der Waals surface area contributed by atoms with E-state index >= 15 is 0 Å². The Hall–Kier alpha value is -2.30. The van der Waals surface area contributed by atoms with E-state index in [1.807, 2.05) is 5.32 Å². The van der Waals surface area contributed by atoms with E-state index in [0.29, 0.717) is 43.7 Å². The molecule has 0 radical (unpaired) electrons. The highest BCUT2D eigenvalue weighted by atomic mass is 19.4. The Morgan fingerprint density at radius 1 is 1.03 bits per heavy atom. The maximum absolute atomic E-state index is 13.6. The lowest BCUT2D eigenvalue weighted by Gasteiger charge is -2.31. The van der Waals surface area contributed by atoms with Crippen molar-refractivity contribution in [2.24, 2.45) is 5.92 Å². The summed E-state index contributed by atoms with van der Waals surface area (Å²) in [6.45, 7) is 1.53. The molecule has 2 aliphatic heterocycles. The van der Waals surface area contributed by atoms with Gasteiger partial charge in [0.05, 0.1) is 11.5 Å².